The Kier molecular flexibility index (Phi) is 10.8. The summed E-state index contributed by atoms with van der Waals surface area (Å²) in [5, 5.41) is 0. The summed E-state index contributed by atoms with van der Waals surface area (Å²) in [4.78, 5) is 0. The highest BCUT2D eigenvalue weighted by Crippen LogP contribution is 2.41. The standard InChI is InChI=1S/C20H27O5P/c1-2-3-14-21-15-16-22-17-18-23-26(24-19-10-6-4-7-11-19)25-20-12-8-5-9-13-20/h4-13H,2-3,14-18H2,1H3. The normalized spacial score (nSPS) is 10.8. The first-order chi connectivity index (χ1) is 12.9. The fourth-order valence-corrected chi connectivity index (χ4v) is 2.90. The zero-order valence-corrected chi connectivity index (χ0v) is 16.1. The van der Waals surface area contributed by atoms with Crippen LogP contribution in [0.3, 0.4) is 0 Å². The Bertz CT molecular complexity index is 525. The molecule has 0 saturated heterocycles. The van der Waals surface area contributed by atoms with E-state index in [1.807, 2.05) is 60.7 Å². The molecule has 0 saturated carbocycles. The van der Waals surface area contributed by atoms with Crippen molar-refractivity contribution >= 4 is 8.60 Å². The molecular weight excluding hydrogens is 351 g/mol. The smallest absolute Gasteiger partial charge is 0.418 e. The summed E-state index contributed by atoms with van der Waals surface area (Å²) in [6.45, 7) is 4.95. The van der Waals surface area contributed by atoms with Gasteiger partial charge in [0.1, 0.15) is 11.5 Å². The van der Waals surface area contributed by atoms with Gasteiger partial charge in [0.2, 0.25) is 0 Å². The van der Waals surface area contributed by atoms with Crippen LogP contribution in [0.2, 0.25) is 0 Å². The van der Waals surface area contributed by atoms with Crippen LogP contribution in [-0.4, -0.2) is 33.0 Å². The molecule has 6 heteroatoms. The summed E-state index contributed by atoms with van der Waals surface area (Å²) >= 11 is 0. The van der Waals surface area contributed by atoms with Crippen LogP contribution < -0.4 is 9.05 Å². The van der Waals surface area contributed by atoms with Crippen molar-refractivity contribution in [3.8, 4) is 11.5 Å². The Morgan fingerprint density at radius 1 is 0.654 bits per heavy atom. The van der Waals surface area contributed by atoms with Crippen LogP contribution in [0.1, 0.15) is 19.8 Å². The van der Waals surface area contributed by atoms with Gasteiger partial charge in [0.15, 0.2) is 0 Å². The van der Waals surface area contributed by atoms with Crippen LogP contribution in [0.25, 0.3) is 0 Å². The van der Waals surface area contributed by atoms with E-state index >= 15 is 0 Å². The van der Waals surface area contributed by atoms with Gasteiger partial charge in [0.25, 0.3) is 0 Å². The third kappa shape index (κ3) is 9.16. The summed E-state index contributed by atoms with van der Waals surface area (Å²) in [6.07, 6.45) is 2.22. The number of rotatable bonds is 14. The van der Waals surface area contributed by atoms with E-state index in [0.29, 0.717) is 37.9 Å². The molecule has 0 fully saturated rings. The molecule has 2 aromatic rings. The molecule has 0 heterocycles. The van der Waals surface area contributed by atoms with Crippen LogP contribution in [0.15, 0.2) is 60.7 Å². The number of benzene rings is 2. The van der Waals surface area contributed by atoms with Gasteiger partial charge < -0.3 is 18.5 Å². The van der Waals surface area contributed by atoms with Crippen LogP contribution in [0.5, 0.6) is 11.5 Å². The molecule has 0 bridgehead atoms. The molecule has 0 aliphatic heterocycles. The predicted octanol–water partition coefficient (Wildman–Crippen LogP) is 5.22. The summed E-state index contributed by atoms with van der Waals surface area (Å²) in [6, 6.07) is 19.0. The Hall–Kier alpha value is -1.65. The minimum Gasteiger partial charge on any atom is -0.418 e. The van der Waals surface area contributed by atoms with Crippen molar-refractivity contribution in [2.75, 3.05) is 33.0 Å². The molecule has 0 atom stereocenters. The lowest BCUT2D eigenvalue weighted by Crippen LogP contribution is -2.10. The molecule has 26 heavy (non-hydrogen) atoms. The third-order valence-corrected chi connectivity index (χ3v) is 4.40. The van der Waals surface area contributed by atoms with E-state index in [0.717, 1.165) is 19.4 Å². The monoisotopic (exact) mass is 378 g/mol. The number of hydrogen-bond acceptors (Lipinski definition) is 5. The Balaban J connectivity index is 1.70. The summed E-state index contributed by atoms with van der Waals surface area (Å²) in [5.74, 6) is 1.42. The average Bonchev–Trinajstić information content (AvgIpc) is 2.68. The molecule has 2 aromatic carbocycles. The fraction of sp³-hybridized carbons (Fsp3) is 0.400. The van der Waals surface area contributed by atoms with E-state index in [2.05, 4.69) is 6.92 Å². The second kappa shape index (κ2) is 13.5. The van der Waals surface area contributed by atoms with Crippen LogP contribution in [0.4, 0.5) is 0 Å². The first-order valence-electron chi connectivity index (χ1n) is 8.93. The van der Waals surface area contributed by atoms with E-state index in [1.54, 1.807) is 0 Å². The highest BCUT2D eigenvalue weighted by molar-refractivity contribution is 7.42. The Labute approximate surface area is 157 Å². The largest absolute Gasteiger partial charge is 0.463 e. The molecule has 142 valence electrons. The van der Waals surface area contributed by atoms with E-state index in [1.165, 1.54) is 0 Å². The quantitative estimate of drug-likeness (QED) is 0.333. The second-order valence-electron chi connectivity index (χ2n) is 5.44. The minimum absolute atomic E-state index is 0.389. The molecule has 0 unspecified atom stereocenters. The summed E-state index contributed by atoms with van der Waals surface area (Å²) < 4.78 is 28.4. The van der Waals surface area contributed by atoms with E-state index < -0.39 is 8.60 Å². The van der Waals surface area contributed by atoms with Crippen molar-refractivity contribution in [2.24, 2.45) is 0 Å². The van der Waals surface area contributed by atoms with Crippen LogP contribution in [-0.2, 0) is 14.0 Å². The van der Waals surface area contributed by atoms with Gasteiger partial charge in [-0.3, -0.25) is 4.52 Å². The lowest BCUT2D eigenvalue weighted by molar-refractivity contribution is 0.0346. The van der Waals surface area contributed by atoms with Gasteiger partial charge in [0.05, 0.1) is 26.4 Å². The summed E-state index contributed by atoms with van der Waals surface area (Å²) in [7, 11) is -1.56. The minimum atomic E-state index is -1.56. The lowest BCUT2D eigenvalue weighted by atomic mass is 10.3. The van der Waals surface area contributed by atoms with E-state index in [9.17, 15) is 0 Å². The van der Waals surface area contributed by atoms with Gasteiger partial charge in [-0.15, -0.1) is 0 Å². The molecule has 0 N–H and O–H groups in total. The Morgan fingerprint density at radius 3 is 1.69 bits per heavy atom. The first-order valence-corrected chi connectivity index (χ1v) is 10.0. The van der Waals surface area contributed by atoms with Crippen molar-refractivity contribution in [3.05, 3.63) is 60.7 Å². The molecule has 0 spiro atoms. The van der Waals surface area contributed by atoms with Gasteiger partial charge in [-0.05, 0) is 30.7 Å². The number of para-hydroxylation sites is 2. The second-order valence-corrected chi connectivity index (χ2v) is 6.51. The number of unbranched alkanes of at least 4 members (excludes halogenated alkanes) is 1. The van der Waals surface area contributed by atoms with Gasteiger partial charge >= 0.3 is 8.60 Å². The van der Waals surface area contributed by atoms with Crippen LogP contribution >= 0.6 is 8.60 Å². The topological polar surface area (TPSA) is 46.2 Å². The predicted molar refractivity (Wildman–Crippen MR) is 104 cm³/mol. The van der Waals surface area contributed by atoms with Crippen molar-refractivity contribution in [2.45, 2.75) is 19.8 Å². The lowest BCUT2D eigenvalue weighted by Gasteiger charge is -2.17. The molecular formula is C20H27O5P. The molecule has 0 radical (unpaired) electrons. The molecule has 5 nitrogen and oxygen atoms in total. The van der Waals surface area contributed by atoms with Crippen molar-refractivity contribution < 1.29 is 23.0 Å². The van der Waals surface area contributed by atoms with E-state index in [-0.39, 0.29) is 0 Å². The highest BCUT2D eigenvalue weighted by atomic mass is 31.2. The molecule has 0 aliphatic rings. The highest BCUT2D eigenvalue weighted by Gasteiger charge is 2.17. The fourth-order valence-electron chi connectivity index (χ4n) is 1.95. The van der Waals surface area contributed by atoms with E-state index in [4.69, 9.17) is 23.0 Å². The van der Waals surface area contributed by atoms with Gasteiger partial charge in [-0.25, -0.2) is 0 Å². The molecule has 2 rings (SSSR count). The van der Waals surface area contributed by atoms with Crippen molar-refractivity contribution in [1.29, 1.82) is 0 Å². The number of ether oxygens (including phenoxy) is 2. The SMILES string of the molecule is CCCCOCCOCCOP(Oc1ccccc1)Oc1ccccc1. The maximum absolute atomic E-state index is 5.83. The molecule has 0 amide bonds. The summed E-state index contributed by atoms with van der Waals surface area (Å²) in [5.41, 5.74) is 0. The molecule has 0 aliphatic carbocycles. The third-order valence-electron chi connectivity index (χ3n) is 3.28. The van der Waals surface area contributed by atoms with Crippen molar-refractivity contribution in [3.63, 3.8) is 0 Å². The maximum Gasteiger partial charge on any atom is 0.463 e. The molecule has 0 aromatic heterocycles. The first kappa shape index (κ1) is 20.7. The number of hydrogen-bond donors (Lipinski definition) is 0. The van der Waals surface area contributed by atoms with Gasteiger partial charge in [0, 0.05) is 6.61 Å². The van der Waals surface area contributed by atoms with Crippen molar-refractivity contribution in [1.82, 2.24) is 0 Å². The average molecular weight is 378 g/mol. The van der Waals surface area contributed by atoms with Gasteiger partial charge in [-0.1, -0.05) is 49.7 Å². The van der Waals surface area contributed by atoms with Crippen LogP contribution in [0, 0.1) is 0 Å². The maximum atomic E-state index is 5.83. The zero-order valence-electron chi connectivity index (χ0n) is 15.2. The van der Waals surface area contributed by atoms with Gasteiger partial charge in [-0.2, -0.15) is 0 Å². The zero-order chi connectivity index (χ0) is 18.3. The Morgan fingerprint density at radius 2 is 1.15 bits per heavy atom.